The second-order valence-corrected chi connectivity index (χ2v) is 8.66. The summed E-state index contributed by atoms with van der Waals surface area (Å²) in [6.45, 7) is 8.91. The highest BCUT2D eigenvalue weighted by molar-refractivity contribution is 5.80. The topological polar surface area (TPSA) is 79.1 Å². The average Bonchev–Trinajstić information content (AvgIpc) is 3.20. The summed E-state index contributed by atoms with van der Waals surface area (Å²) in [4.78, 5) is 27.9. The summed E-state index contributed by atoms with van der Waals surface area (Å²) in [7, 11) is 3.46. The summed E-state index contributed by atoms with van der Waals surface area (Å²) >= 11 is 0. The van der Waals surface area contributed by atoms with Gasteiger partial charge >= 0.3 is 6.03 Å². The van der Waals surface area contributed by atoms with Crippen LogP contribution in [0.15, 0.2) is 36.8 Å². The molecule has 0 radical (unpaired) electrons. The van der Waals surface area contributed by atoms with Gasteiger partial charge in [0.1, 0.15) is 5.82 Å². The first kappa shape index (κ1) is 20.9. The first-order valence-corrected chi connectivity index (χ1v) is 10.4. The molecule has 1 saturated heterocycles. The minimum absolute atomic E-state index is 0.0670. The van der Waals surface area contributed by atoms with E-state index in [-0.39, 0.29) is 11.6 Å². The summed E-state index contributed by atoms with van der Waals surface area (Å²) in [5.41, 5.74) is 2.26. The lowest BCUT2D eigenvalue weighted by Crippen LogP contribution is -2.55. The normalized spacial score (nSPS) is 14.7. The van der Waals surface area contributed by atoms with Crippen LogP contribution in [-0.2, 0) is 0 Å². The van der Waals surface area contributed by atoms with Crippen LogP contribution < -0.4 is 9.64 Å². The molecule has 0 spiro atoms. The van der Waals surface area contributed by atoms with E-state index in [4.69, 9.17) is 9.72 Å². The Labute approximate surface area is 182 Å². The molecule has 9 nitrogen and oxygen atoms in total. The van der Waals surface area contributed by atoms with E-state index < -0.39 is 0 Å². The Hall–Kier alpha value is -3.36. The van der Waals surface area contributed by atoms with Crippen molar-refractivity contribution >= 4 is 17.5 Å². The molecule has 31 heavy (non-hydrogen) atoms. The van der Waals surface area contributed by atoms with Crippen LogP contribution in [0.25, 0.3) is 16.8 Å². The van der Waals surface area contributed by atoms with Crippen LogP contribution in [0.2, 0.25) is 0 Å². The molecule has 9 heteroatoms. The summed E-state index contributed by atoms with van der Waals surface area (Å²) in [5, 5.41) is 4.43. The number of hydrogen-bond acceptors (Lipinski definition) is 6. The molecule has 3 aromatic rings. The van der Waals surface area contributed by atoms with Gasteiger partial charge < -0.3 is 19.4 Å². The number of hydrogen-bond donors (Lipinski definition) is 0. The molecule has 1 aliphatic heterocycles. The molecule has 0 saturated carbocycles. The van der Waals surface area contributed by atoms with Gasteiger partial charge in [0, 0.05) is 56.7 Å². The predicted molar refractivity (Wildman–Crippen MR) is 119 cm³/mol. The first-order chi connectivity index (χ1) is 14.8. The molecule has 0 unspecified atom stereocenters. The maximum atomic E-state index is 12.8. The van der Waals surface area contributed by atoms with Crippen molar-refractivity contribution in [1.29, 1.82) is 0 Å². The van der Waals surface area contributed by atoms with Gasteiger partial charge in [-0.05, 0) is 39.0 Å². The Morgan fingerprint density at radius 2 is 1.87 bits per heavy atom. The zero-order chi connectivity index (χ0) is 22.2. The van der Waals surface area contributed by atoms with Crippen molar-refractivity contribution in [3.63, 3.8) is 0 Å². The zero-order valence-corrected chi connectivity index (χ0v) is 18.7. The third kappa shape index (κ3) is 3.99. The molecule has 0 atom stereocenters. The van der Waals surface area contributed by atoms with E-state index in [1.165, 1.54) is 0 Å². The number of pyridine rings is 1. The van der Waals surface area contributed by atoms with Crippen LogP contribution in [0.1, 0.15) is 20.8 Å². The maximum Gasteiger partial charge on any atom is 0.320 e. The second-order valence-electron chi connectivity index (χ2n) is 8.66. The van der Waals surface area contributed by atoms with Gasteiger partial charge in [-0.1, -0.05) is 0 Å². The molecule has 0 N–H and O–H groups in total. The highest BCUT2D eigenvalue weighted by Gasteiger charge is 2.29. The molecule has 1 aliphatic rings. The molecule has 3 aromatic heterocycles. The lowest BCUT2D eigenvalue weighted by molar-refractivity contribution is 0.124. The summed E-state index contributed by atoms with van der Waals surface area (Å²) in [5.74, 6) is 1.41. The van der Waals surface area contributed by atoms with Crippen LogP contribution in [0, 0.1) is 0 Å². The van der Waals surface area contributed by atoms with Gasteiger partial charge in [-0.3, -0.25) is 0 Å². The number of urea groups is 1. The van der Waals surface area contributed by atoms with E-state index in [9.17, 15) is 4.79 Å². The van der Waals surface area contributed by atoms with E-state index in [0.717, 1.165) is 35.7 Å². The number of anilines is 1. The first-order valence-electron chi connectivity index (χ1n) is 10.4. The number of fused-ring (bicyclic) bond motifs is 1. The van der Waals surface area contributed by atoms with Crippen LogP contribution in [0.3, 0.4) is 0 Å². The number of aromatic nitrogens is 4. The van der Waals surface area contributed by atoms with E-state index >= 15 is 0 Å². The van der Waals surface area contributed by atoms with Gasteiger partial charge in [0.2, 0.25) is 5.88 Å². The summed E-state index contributed by atoms with van der Waals surface area (Å²) in [6.07, 6.45) is 5.39. The standard InChI is InChI=1S/C22H29N7O2/c1-22(2,3)26(4)21(30)28-13-11-27(12-14-28)18-8-10-29-19(25-18)17(15-24-29)16-7-6-9-23-20(16)31-5/h6-10,15H,11-14H2,1-5H3. The molecule has 0 bridgehead atoms. The van der Waals surface area contributed by atoms with Crippen LogP contribution in [-0.4, -0.2) is 81.3 Å². The second kappa shape index (κ2) is 8.05. The molecule has 4 rings (SSSR count). The number of rotatable bonds is 3. The average molecular weight is 424 g/mol. The summed E-state index contributed by atoms with van der Waals surface area (Å²) < 4.78 is 7.17. The fourth-order valence-corrected chi connectivity index (χ4v) is 3.61. The molecule has 0 aromatic carbocycles. The highest BCUT2D eigenvalue weighted by Crippen LogP contribution is 2.31. The maximum absolute atomic E-state index is 12.8. The van der Waals surface area contributed by atoms with Gasteiger partial charge in [0.15, 0.2) is 5.65 Å². The lowest BCUT2D eigenvalue weighted by Gasteiger charge is -2.40. The highest BCUT2D eigenvalue weighted by atomic mass is 16.5. The Morgan fingerprint density at radius 1 is 1.13 bits per heavy atom. The van der Waals surface area contributed by atoms with Crippen molar-refractivity contribution in [2.45, 2.75) is 26.3 Å². The predicted octanol–water partition coefficient (Wildman–Crippen LogP) is 2.77. The van der Waals surface area contributed by atoms with Gasteiger partial charge in [-0.25, -0.2) is 19.3 Å². The lowest BCUT2D eigenvalue weighted by atomic mass is 10.1. The minimum atomic E-state index is -0.202. The molecule has 1 fully saturated rings. The number of piperazine rings is 1. The smallest absolute Gasteiger partial charge is 0.320 e. The Bertz CT molecular complexity index is 1080. The van der Waals surface area contributed by atoms with Crippen LogP contribution in [0.4, 0.5) is 10.6 Å². The minimum Gasteiger partial charge on any atom is -0.481 e. The van der Waals surface area contributed by atoms with E-state index in [0.29, 0.717) is 19.0 Å². The number of ether oxygens (including phenoxy) is 1. The molecular formula is C22H29N7O2. The SMILES string of the molecule is COc1ncccc1-c1cnn2ccc(N3CCN(C(=O)N(C)C(C)(C)C)CC3)nc12. The number of amides is 2. The van der Waals surface area contributed by atoms with Crippen LogP contribution >= 0.6 is 0 Å². The van der Waals surface area contributed by atoms with E-state index in [2.05, 4.69) is 15.0 Å². The number of carbonyl (C=O) groups is 1. The van der Waals surface area contributed by atoms with Gasteiger partial charge in [-0.2, -0.15) is 5.10 Å². The third-order valence-corrected chi connectivity index (χ3v) is 5.78. The van der Waals surface area contributed by atoms with E-state index in [1.54, 1.807) is 28.9 Å². The van der Waals surface area contributed by atoms with Gasteiger partial charge in [0.05, 0.1) is 18.9 Å². The third-order valence-electron chi connectivity index (χ3n) is 5.78. The number of nitrogens with zero attached hydrogens (tertiary/aromatic N) is 7. The fraction of sp³-hybridized carbons (Fsp3) is 0.455. The monoisotopic (exact) mass is 423 g/mol. The van der Waals surface area contributed by atoms with Crippen molar-refractivity contribution in [1.82, 2.24) is 29.4 Å². The van der Waals surface area contributed by atoms with Gasteiger partial charge in [0.25, 0.3) is 0 Å². The largest absolute Gasteiger partial charge is 0.481 e. The zero-order valence-electron chi connectivity index (χ0n) is 18.7. The molecular weight excluding hydrogens is 394 g/mol. The number of carbonyl (C=O) groups excluding carboxylic acids is 1. The molecule has 2 amide bonds. The summed E-state index contributed by atoms with van der Waals surface area (Å²) in [6, 6.07) is 5.85. The Balaban J connectivity index is 1.55. The van der Waals surface area contributed by atoms with Crippen molar-refractivity contribution in [2.24, 2.45) is 0 Å². The van der Waals surface area contributed by atoms with Crippen molar-refractivity contribution in [2.75, 3.05) is 45.2 Å². The molecule has 4 heterocycles. The van der Waals surface area contributed by atoms with E-state index in [1.807, 2.05) is 57.1 Å². The molecule has 164 valence electrons. The van der Waals surface area contributed by atoms with Gasteiger partial charge in [-0.15, -0.1) is 0 Å². The Kier molecular flexibility index (Phi) is 5.43. The Morgan fingerprint density at radius 3 is 2.55 bits per heavy atom. The van der Waals surface area contributed by atoms with Crippen LogP contribution in [0.5, 0.6) is 5.88 Å². The van der Waals surface area contributed by atoms with Crippen molar-refractivity contribution in [3.05, 3.63) is 36.8 Å². The van der Waals surface area contributed by atoms with Crippen molar-refractivity contribution in [3.8, 4) is 17.0 Å². The van der Waals surface area contributed by atoms with Crippen molar-refractivity contribution < 1.29 is 9.53 Å². The fourth-order valence-electron chi connectivity index (χ4n) is 3.61. The molecule has 0 aliphatic carbocycles. The quantitative estimate of drug-likeness (QED) is 0.645. The number of methoxy groups -OCH3 is 1.